The third-order valence-corrected chi connectivity index (χ3v) is 4.26. The minimum Gasteiger partial charge on any atom is -0.483 e. The van der Waals surface area contributed by atoms with Crippen LogP contribution in [0.25, 0.3) is 0 Å². The molecule has 0 aliphatic carbocycles. The Bertz CT molecular complexity index is 744. The van der Waals surface area contributed by atoms with Gasteiger partial charge in [0, 0.05) is 32.0 Å². The van der Waals surface area contributed by atoms with Crippen molar-refractivity contribution >= 4 is 11.9 Å². The largest absolute Gasteiger partial charge is 0.483 e. The number of carbonyl (C=O) groups is 2. The molecule has 0 atom stereocenters. The average Bonchev–Trinajstić information content (AvgIpc) is 3.18. The fourth-order valence-electron chi connectivity index (χ4n) is 2.65. The van der Waals surface area contributed by atoms with E-state index in [0.717, 1.165) is 24.1 Å². The van der Waals surface area contributed by atoms with Crippen LogP contribution >= 0.6 is 0 Å². The van der Waals surface area contributed by atoms with E-state index in [0.29, 0.717) is 18.8 Å². The van der Waals surface area contributed by atoms with Crippen molar-refractivity contribution in [2.75, 3.05) is 26.8 Å². The van der Waals surface area contributed by atoms with Gasteiger partial charge in [0.1, 0.15) is 5.75 Å². The van der Waals surface area contributed by atoms with Crippen molar-refractivity contribution < 1.29 is 19.1 Å². The van der Waals surface area contributed by atoms with E-state index in [1.54, 1.807) is 17.4 Å². The highest BCUT2D eigenvalue weighted by Crippen LogP contribution is 2.19. The summed E-state index contributed by atoms with van der Waals surface area (Å²) in [6, 6.07) is 5.89. The Labute approximate surface area is 159 Å². The van der Waals surface area contributed by atoms with Gasteiger partial charge in [0.2, 0.25) is 0 Å². The lowest BCUT2D eigenvalue weighted by molar-refractivity contribution is -0.142. The molecule has 2 rings (SSSR count). The standard InChI is InChI=1S/C20H27N3O4/c1-16-5-6-17(2)18(13-16)27-14-19(24)23(11-7-20(25)26-3)10-4-9-22-12-8-21-15-22/h5-6,8,12-13,15H,4,7,9-11,14H2,1-3H3. The molecular formula is C20H27N3O4. The Morgan fingerprint density at radius 1 is 1.22 bits per heavy atom. The Morgan fingerprint density at radius 3 is 2.74 bits per heavy atom. The van der Waals surface area contributed by atoms with Gasteiger partial charge in [-0.15, -0.1) is 0 Å². The Balaban J connectivity index is 1.91. The van der Waals surface area contributed by atoms with Gasteiger partial charge in [0.25, 0.3) is 5.91 Å². The molecule has 0 unspecified atom stereocenters. The van der Waals surface area contributed by atoms with Crippen LogP contribution in [-0.2, 0) is 20.9 Å². The van der Waals surface area contributed by atoms with Crippen molar-refractivity contribution in [2.45, 2.75) is 33.2 Å². The van der Waals surface area contributed by atoms with Crippen LogP contribution in [0, 0.1) is 13.8 Å². The summed E-state index contributed by atoms with van der Waals surface area (Å²) >= 11 is 0. The normalized spacial score (nSPS) is 10.5. The molecule has 7 heteroatoms. The zero-order valence-corrected chi connectivity index (χ0v) is 16.2. The summed E-state index contributed by atoms with van der Waals surface area (Å²) in [5, 5.41) is 0. The number of esters is 1. The number of aromatic nitrogens is 2. The maximum absolute atomic E-state index is 12.6. The maximum Gasteiger partial charge on any atom is 0.307 e. The number of hydrogen-bond donors (Lipinski definition) is 0. The van der Waals surface area contributed by atoms with E-state index in [9.17, 15) is 9.59 Å². The first-order valence-corrected chi connectivity index (χ1v) is 9.00. The lowest BCUT2D eigenvalue weighted by atomic mass is 10.1. The van der Waals surface area contributed by atoms with Gasteiger partial charge < -0.3 is 18.9 Å². The number of benzene rings is 1. The van der Waals surface area contributed by atoms with E-state index >= 15 is 0 Å². The van der Waals surface area contributed by atoms with Crippen LogP contribution < -0.4 is 4.74 Å². The summed E-state index contributed by atoms with van der Waals surface area (Å²) in [6.07, 6.45) is 6.26. The summed E-state index contributed by atoms with van der Waals surface area (Å²) in [5.41, 5.74) is 2.06. The fourth-order valence-corrected chi connectivity index (χ4v) is 2.65. The molecular weight excluding hydrogens is 346 g/mol. The quantitative estimate of drug-likeness (QED) is 0.598. The Kier molecular flexibility index (Phi) is 7.85. The number of methoxy groups -OCH3 is 1. The smallest absolute Gasteiger partial charge is 0.307 e. The highest BCUT2D eigenvalue weighted by atomic mass is 16.5. The monoisotopic (exact) mass is 373 g/mol. The predicted octanol–water partition coefficient (Wildman–Crippen LogP) is 2.36. The molecule has 0 radical (unpaired) electrons. The zero-order chi connectivity index (χ0) is 19.6. The van der Waals surface area contributed by atoms with Crippen molar-refractivity contribution in [1.29, 1.82) is 0 Å². The fraction of sp³-hybridized carbons (Fsp3) is 0.450. The third-order valence-electron chi connectivity index (χ3n) is 4.26. The van der Waals surface area contributed by atoms with Gasteiger partial charge in [-0.2, -0.15) is 0 Å². The molecule has 0 aliphatic rings. The summed E-state index contributed by atoms with van der Waals surface area (Å²) in [5.74, 6) is 0.220. The molecule has 1 aromatic carbocycles. The number of hydrogen-bond acceptors (Lipinski definition) is 5. The minimum atomic E-state index is -0.335. The van der Waals surface area contributed by atoms with Crippen LogP contribution in [0.2, 0.25) is 0 Å². The second-order valence-electron chi connectivity index (χ2n) is 6.42. The van der Waals surface area contributed by atoms with Gasteiger partial charge in [-0.3, -0.25) is 9.59 Å². The van der Waals surface area contributed by atoms with Gasteiger partial charge in [-0.1, -0.05) is 12.1 Å². The molecule has 0 saturated heterocycles. The Morgan fingerprint density at radius 2 is 2.04 bits per heavy atom. The molecule has 7 nitrogen and oxygen atoms in total. The number of carbonyl (C=O) groups excluding carboxylic acids is 2. The number of rotatable bonds is 10. The minimum absolute atomic E-state index is 0.0590. The van der Waals surface area contributed by atoms with Crippen LogP contribution in [-0.4, -0.2) is 53.1 Å². The first-order valence-electron chi connectivity index (χ1n) is 9.00. The van der Waals surface area contributed by atoms with Gasteiger partial charge in [0.15, 0.2) is 6.61 Å². The van der Waals surface area contributed by atoms with Crippen molar-refractivity contribution in [3.8, 4) is 5.75 Å². The van der Waals surface area contributed by atoms with Crippen molar-refractivity contribution in [1.82, 2.24) is 14.5 Å². The molecule has 2 aromatic rings. The van der Waals surface area contributed by atoms with Crippen molar-refractivity contribution in [3.63, 3.8) is 0 Å². The van der Waals surface area contributed by atoms with Gasteiger partial charge in [0.05, 0.1) is 19.9 Å². The topological polar surface area (TPSA) is 73.7 Å². The van der Waals surface area contributed by atoms with E-state index in [-0.39, 0.29) is 24.9 Å². The number of aryl methyl sites for hydroxylation is 3. The summed E-state index contributed by atoms with van der Waals surface area (Å²) in [7, 11) is 1.34. The van der Waals surface area contributed by atoms with Crippen molar-refractivity contribution in [2.24, 2.45) is 0 Å². The summed E-state index contributed by atoms with van der Waals surface area (Å²) < 4.78 is 12.4. The molecule has 0 aliphatic heterocycles. The molecule has 146 valence electrons. The molecule has 0 fully saturated rings. The van der Waals surface area contributed by atoms with Crippen LogP contribution in [0.15, 0.2) is 36.9 Å². The summed E-state index contributed by atoms with van der Waals surface area (Å²) in [4.78, 5) is 29.7. The highest BCUT2D eigenvalue weighted by molar-refractivity contribution is 5.78. The SMILES string of the molecule is COC(=O)CCN(CCCn1ccnc1)C(=O)COc1cc(C)ccc1C. The third kappa shape index (κ3) is 6.77. The maximum atomic E-state index is 12.6. The predicted molar refractivity (Wildman–Crippen MR) is 101 cm³/mol. The molecule has 1 aromatic heterocycles. The summed E-state index contributed by atoms with van der Waals surface area (Å²) in [6.45, 7) is 5.46. The lowest BCUT2D eigenvalue weighted by Gasteiger charge is -2.23. The molecule has 27 heavy (non-hydrogen) atoms. The first kappa shape index (κ1) is 20.5. The first-order chi connectivity index (χ1) is 13.0. The zero-order valence-electron chi connectivity index (χ0n) is 16.2. The number of ether oxygens (including phenoxy) is 2. The van der Waals surface area contributed by atoms with E-state index < -0.39 is 0 Å². The van der Waals surface area contributed by atoms with E-state index in [4.69, 9.17) is 4.74 Å². The second-order valence-corrected chi connectivity index (χ2v) is 6.42. The van der Waals surface area contributed by atoms with Gasteiger partial charge in [-0.05, 0) is 37.5 Å². The Hall–Kier alpha value is -2.83. The van der Waals surface area contributed by atoms with E-state index in [1.807, 2.05) is 42.8 Å². The number of amides is 1. The molecule has 1 amide bonds. The number of nitrogens with zero attached hydrogens (tertiary/aromatic N) is 3. The second kappa shape index (κ2) is 10.4. The van der Waals surface area contributed by atoms with E-state index in [1.165, 1.54) is 7.11 Å². The average molecular weight is 373 g/mol. The van der Waals surface area contributed by atoms with Gasteiger partial charge in [-0.25, -0.2) is 4.98 Å². The van der Waals surface area contributed by atoms with Crippen LogP contribution in [0.1, 0.15) is 24.0 Å². The van der Waals surface area contributed by atoms with Crippen LogP contribution in [0.4, 0.5) is 0 Å². The molecule has 0 saturated carbocycles. The molecule has 0 bridgehead atoms. The van der Waals surface area contributed by atoms with Gasteiger partial charge >= 0.3 is 5.97 Å². The number of imidazole rings is 1. The highest BCUT2D eigenvalue weighted by Gasteiger charge is 2.16. The lowest BCUT2D eigenvalue weighted by Crippen LogP contribution is -2.37. The van der Waals surface area contributed by atoms with E-state index in [2.05, 4.69) is 9.72 Å². The molecule has 1 heterocycles. The van der Waals surface area contributed by atoms with Crippen LogP contribution in [0.5, 0.6) is 5.75 Å². The van der Waals surface area contributed by atoms with Crippen molar-refractivity contribution in [3.05, 3.63) is 48.0 Å². The van der Waals surface area contributed by atoms with Crippen LogP contribution in [0.3, 0.4) is 0 Å². The molecule has 0 spiro atoms. The molecule has 0 N–H and O–H groups in total.